The molecule has 0 unspecified atom stereocenters. The van der Waals surface area contributed by atoms with Crippen LogP contribution in [0.4, 0.5) is 5.82 Å². The van der Waals surface area contributed by atoms with E-state index in [0.717, 1.165) is 5.69 Å². The second kappa shape index (κ2) is 4.72. The number of carboxylic acids is 1. The van der Waals surface area contributed by atoms with Crippen molar-refractivity contribution in [2.75, 3.05) is 18.5 Å². The van der Waals surface area contributed by atoms with E-state index in [2.05, 4.69) is 9.97 Å². The Morgan fingerprint density at radius 3 is 2.73 bits per heavy atom. The van der Waals surface area contributed by atoms with Crippen molar-refractivity contribution in [1.82, 2.24) is 9.97 Å². The lowest BCUT2D eigenvalue weighted by atomic mass is 10.1. The summed E-state index contributed by atoms with van der Waals surface area (Å²) in [6.45, 7) is 4.00. The van der Waals surface area contributed by atoms with Crippen LogP contribution in [0, 0.1) is 0 Å². The third-order valence-corrected chi connectivity index (χ3v) is 2.03. The first-order valence-electron chi connectivity index (χ1n) is 4.75. The zero-order chi connectivity index (χ0) is 11.4. The zero-order valence-electron chi connectivity index (χ0n) is 9.14. The number of likely N-dealkylation sites (N-methyl/N-ethyl adjacent to an activating group) is 1. The number of anilines is 1. The third kappa shape index (κ3) is 3.19. The van der Waals surface area contributed by atoms with Crippen molar-refractivity contribution in [2.24, 2.45) is 0 Å². The molecule has 0 fully saturated rings. The monoisotopic (exact) mass is 209 g/mol. The Bertz CT molecular complexity index is 352. The normalized spacial score (nSPS) is 10.4. The van der Waals surface area contributed by atoms with Crippen molar-refractivity contribution in [3.63, 3.8) is 0 Å². The first-order valence-corrected chi connectivity index (χ1v) is 4.75. The predicted octanol–water partition coefficient (Wildman–Crippen LogP) is 1.12. The van der Waals surface area contributed by atoms with Gasteiger partial charge < -0.3 is 10.0 Å². The second-order valence-electron chi connectivity index (χ2n) is 3.71. The maximum absolute atomic E-state index is 10.5. The van der Waals surface area contributed by atoms with Crippen LogP contribution in [0.25, 0.3) is 0 Å². The van der Waals surface area contributed by atoms with Crippen molar-refractivity contribution < 1.29 is 9.90 Å². The van der Waals surface area contributed by atoms with Gasteiger partial charge in [-0.1, -0.05) is 13.8 Å². The Labute approximate surface area is 88.8 Å². The molecule has 0 saturated heterocycles. The molecule has 0 aliphatic carbocycles. The molecule has 1 heterocycles. The minimum Gasteiger partial charge on any atom is -0.480 e. The van der Waals surface area contributed by atoms with Gasteiger partial charge in [0.25, 0.3) is 0 Å². The molecule has 0 saturated carbocycles. The predicted molar refractivity (Wildman–Crippen MR) is 57.0 cm³/mol. The average Bonchev–Trinajstić information content (AvgIpc) is 2.17. The Morgan fingerprint density at radius 2 is 2.20 bits per heavy atom. The molecule has 0 aliphatic heterocycles. The fourth-order valence-electron chi connectivity index (χ4n) is 1.17. The summed E-state index contributed by atoms with van der Waals surface area (Å²) in [4.78, 5) is 20.2. The van der Waals surface area contributed by atoms with E-state index in [4.69, 9.17) is 5.11 Å². The highest BCUT2D eigenvalue weighted by molar-refractivity contribution is 5.72. The summed E-state index contributed by atoms with van der Waals surface area (Å²) in [6, 6.07) is 1.81. The lowest BCUT2D eigenvalue weighted by molar-refractivity contribution is -0.135. The van der Waals surface area contributed by atoms with Crippen molar-refractivity contribution in [3.05, 3.63) is 18.1 Å². The largest absolute Gasteiger partial charge is 0.480 e. The van der Waals surface area contributed by atoms with Crippen molar-refractivity contribution in [2.45, 2.75) is 19.8 Å². The van der Waals surface area contributed by atoms with Crippen molar-refractivity contribution in [3.8, 4) is 0 Å². The molecule has 0 atom stereocenters. The molecule has 1 N–H and O–H groups in total. The van der Waals surface area contributed by atoms with Gasteiger partial charge in [-0.2, -0.15) is 0 Å². The smallest absolute Gasteiger partial charge is 0.323 e. The molecule has 1 aromatic heterocycles. The van der Waals surface area contributed by atoms with Gasteiger partial charge in [-0.05, 0) is 5.92 Å². The minimum absolute atomic E-state index is 0.0610. The summed E-state index contributed by atoms with van der Waals surface area (Å²) in [5.41, 5.74) is 0.914. The maximum Gasteiger partial charge on any atom is 0.323 e. The number of carboxylic acid groups (broad SMARTS) is 1. The third-order valence-electron chi connectivity index (χ3n) is 2.03. The Balaban J connectivity index is 2.85. The van der Waals surface area contributed by atoms with Crippen LogP contribution in [0.15, 0.2) is 12.4 Å². The average molecular weight is 209 g/mol. The van der Waals surface area contributed by atoms with Gasteiger partial charge in [0.05, 0.1) is 0 Å². The second-order valence-corrected chi connectivity index (χ2v) is 3.71. The number of hydrogen-bond acceptors (Lipinski definition) is 4. The standard InChI is InChI=1S/C10H15N3O2/c1-7(2)8-4-9(12-6-11-8)13(3)5-10(14)15/h4,6-7H,5H2,1-3H3,(H,14,15). The molecule has 0 bridgehead atoms. The van der Waals surface area contributed by atoms with E-state index in [9.17, 15) is 4.79 Å². The molecule has 1 rings (SSSR count). The molecule has 82 valence electrons. The molecular formula is C10H15N3O2. The van der Waals surface area contributed by atoms with E-state index in [1.165, 1.54) is 6.33 Å². The Hall–Kier alpha value is -1.65. The molecule has 0 radical (unpaired) electrons. The minimum atomic E-state index is -0.873. The molecule has 0 aromatic carbocycles. The van der Waals surface area contributed by atoms with Crippen LogP contribution < -0.4 is 4.90 Å². The van der Waals surface area contributed by atoms with Crippen LogP contribution in [-0.4, -0.2) is 34.6 Å². The lowest BCUT2D eigenvalue weighted by Gasteiger charge is -2.16. The number of carbonyl (C=O) groups is 1. The molecule has 15 heavy (non-hydrogen) atoms. The molecule has 0 amide bonds. The highest BCUT2D eigenvalue weighted by Crippen LogP contribution is 2.15. The van der Waals surface area contributed by atoms with Crippen LogP contribution in [0.3, 0.4) is 0 Å². The van der Waals surface area contributed by atoms with E-state index in [1.54, 1.807) is 11.9 Å². The number of rotatable bonds is 4. The first kappa shape index (κ1) is 11.4. The van der Waals surface area contributed by atoms with Gasteiger partial charge in [-0.3, -0.25) is 4.79 Å². The molecular weight excluding hydrogens is 194 g/mol. The summed E-state index contributed by atoms with van der Waals surface area (Å²) < 4.78 is 0. The number of nitrogens with zero attached hydrogens (tertiary/aromatic N) is 3. The number of aromatic nitrogens is 2. The zero-order valence-corrected chi connectivity index (χ0v) is 9.14. The summed E-state index contributed by atoms with van der Waals surface area (Å²) >= 11 is 0. The van der Waals surface area contributed by atoms with E-state index < -0.39 is 5.97 Å². The molecule has 0 aliphatic rings. The summed E-state index contributed by atoms with van der Waals surface area (Å²) in [7, 11) is 1.69. The molecule has 1 aromatic rings. The van der Waals surface area contributed by atoms with Gasteiger partial charge in [-0.15, -0.1) is 0 Å². The van der Waals surface area contributed by atoms with Crippen LogP contribution in [-0.2, 0) is 4.79 Å². The Kier molecular flexibility index (Phi) is 3.60. The summed E-state index contributed by atoms with van der Waals surface area (Å²) in [6.07, 6.45) is 1.46. The van der Waals surface area contributed by atoms with Gasteiger partial charge in [0.2, 0.25) is 0 Å². The van der Waals surface area contributed by atoms with E-state index >= 15 is 0 Å². The highest BCUT2D eigenvalue weighted by Gasteiger charge is 2.09. The highest BCUT2D eigenvalue weighted by atomic mass is 16.4. The van der Waals surface area contributed by atoms with Gasteiger partial charge >= 0.3 is 5.97 Å². The van der Waals surface area contributed by atoms with Crippen molar-refractivity contribution >= 4 is 11.8 Å². The number of aliphatic carboxylic acids is 1. The molecule has 5 heteroatoms. The quantitative estimate of drug-likeness (QED) is 0.804. The summed E-state index contributed by atoms with van der Waals surface area (Å²) in [5.74, 6) is 0.0725. The van der Waals surface area contributed by atoms with Crippen molar-refractivity contribution in [1.29, 1.82) is 0 Å². The Morgan fingerprint density at radius 1 is 1.53 bits per heavy atom. The topological polar surface area (TPSA) is 66.3 Å². The molecule has 5 nitrogen and oxygen atoms in total. The lowest BCUT2D eigenvalue weighted by Crippen LogP contribution is -2.26. The maximum atomic E-state index is 10.5. The fraction of sp³-hybridized carbons (Fsp3) is 0.500. The van der Waals surface area contributed by atoms with Gasteiger partial charge in [0.15, 0.2) is 0 Å². The van der Waals surface area contributed by atoms with Crippen LogP contribution in [0.1, 0.15) is 25.5 Å². The SMILES string of the molecule is CC(C)c1cc(N(C)CC(=O)O)ncn1. The van der Waals surface area contributed by atoms with Gasteiger partial charge in [0.1, 0.15) is 18.7 Å². The van der Waals surface area contributed by atoms with E-state index in [1.807, 2.05) is 19.9 Å². The van der Waals surface area contributed by atoms with E-state index in [0.29, 0.717) is 11.7 Å². The number of hydrogen-bond donors (Lipinski definition) is 1. The fourth-order valence-corrected chi connectivity index (χ4v) is 1.17. The van der Waals surface area contributed by atoms with Gasteiger partial charge in [0, 0.05) is 18.8 Å². The van der Waals surface area contributed by atoms with Crippen LogP contribution in [0.5, 0.6) is 0 Å². The van der Waals surface area contributed by atoms with Crippen LogP contribution in [0.2, 0.25) is 0 Å². The summed E-state index contributed by atoms with van der Waals surface area (Å²) in [5, 5.41) is 8.64. The first-order chi connectivity index (χ1) is 7.00. The van der Waals surface area contributed by atoms with E-state index in [-0.39, 0.29) is 6.54 Å². The van der Waals surface area contributed by atoms with Crippen LogP contribution >= 0.6 is 0 Å². The van der Waals surface area contributed by atoms with Gasteiger partial charge in [-0.25, -0.2) is 9.97 Å². The molecule has 0 spiro atoms.